The molecular weight excluding hydrogens is 394 g/mol. The van der Waals surface area contributed by atoms with Gasteiger partial charge in [0, 0.05) is 18.3 Å². The van der Waals surface area contributed by atoms with Crippen molar-refractivity contribution in [1.29, 1.82) is 0 Å². The van der Waals surface area contributed by atoms with Crippen molar-refractivity contribution >= 4 is 17.7 Å². The van der Waals surface area contributed by atoms with Gasteiger partial charge in [-0.2, -0.15) is 0 Å². The van der Waals surface area contributed by atoms with Crippen molar-refractivity contribution in [2.75, 3.05) is 19.6 Å². The van der Waals surface area contributed by atoms with E-state index in [1.807, 2.05) is 0 Å². The van der Waals surface area contributed by atoms with Crippen LogP contribution in [0.5, 0.6) is 0 Å². The predicted molar refractivity (Wildman–Crippen MR) is 120 cm³/mol. The highest BCUT2D eigenvalue weighted by molar-refractivity contribution is 6.12. The third-order valence-corrected chi connectivity index (χ3v) is 5.30. The van der Waals surface area contributed by atoms with E-state index in [4.69, 9.17) is 4.84 Å². The van der Waals surface area contributed by atoms with Crippen molar-refractivity contribution < 1.29 is 24.2 Å². The third kappa shape index (κ3) is 7.14. The maximum atomic E-state index is 13.1. The molecule has 0 bridgehead atoms. The van der Waals surface area contributed by atoms with Crippen molar-refractivity contribution in [3.63, 3.8) is 0 Å². The van der Waals surface area contributed by atoms with Gasteiger partial charge in [-0.3, -0.25) is 4.84 Å². The van der Waals surface area contributed by atoms with E-state index in [1.165, 1.54) is 24.5 Å². The Labute approximate surface area is 184 Å². The Morgan fingerprint density at radius 3 is 2.23 bits per heavy atom. The topological polar surface area (TPSA) is 90.6 Å². The SMILES string of the molecule is CCCC[N+](CCCC)(CCCC)OC(=O)c1ccnc(C2=[N+]C=CC(C(=O)O)=C2)c1. The van der Waals surface area contributed by atoms with Gasteiger partial charge in [-0.1, -0.05) is 40.0 Å². The minimum Gasteiger partial charge on any atom is -0.478 e. The smallest absolute Gasteiger partial charge is 0.397 e. The van der Waals surface area contributed by atoms with Crippen molar-refractivity contribution in [2.45, 2.75) is 59.3 Å². The van der Waals surface area contributed by atoms with Gasteiger partial charge in [0.1, 0.15) is 25.3 Å². The summed E-state index contributed by atoms with van der Waals surface area (Å²) in [6, 6.07) is 3.24. The lowest BCUT2D eigenvalue weighted by molar-refractivity contribution is -1.09. The van der Waals surface area contributed by atoms with Crippen LogP contribution in [-0.2, 0) is 9.63 Å². The summed E-state index contributed by atoms with van der Waals surface area (Å²) in [6.07, 6.45) is 11.9. The first-order chi connectivity index (χ1) is 14.9. The van der Waals surface area contributed by atoms with E-state index in [0.29, 0.717) is 21.6 Å². The molecule has 167 valence electrons. The Morgan fingerprint density at radius 2 is 1.68 bits per heavy atom. The van der Waals surface area contributed by atoms with E-state index < -0.39 is 5.97 Å². The van der Waals surface area contributed by atoms with Crippen molar-refractivity contribution in [3.05, 3.63) is 53.5 Å². The maximum Gasteiger partial charge on any atom is 0.397 e. The first-order valence-corrected chi connectivity index (χ1v) is 11.2. The van der Waals surface area contributed by atoms with Gasteiger partial charge in [0.15, 0.2) is 0 Å². The number of carbonyl (C=O) groups excluding carboxylic acids is 1. The van der Waals surface area contributed by atoms with Crippen molar-refractivity contribution in [2.24, 2.45) is 0 Å². The predicted octanol–water partition coefficient (Wildman–Crippen LogP) is 4.03. The maximum absolute atomic E-state index is 13.1. The Balaban J connectivity index is 2.27. The van der Waals surface area contributed by atoms with Gasteiger partial charge < -0.3 is 5.11 Å². The molecule has 1 aliphatic heterocycles. The lowest BCUT2D eigenvalue weighted by atomic mass is 10.1. The number of aliphatic carboxylic acids is 1. The fourth-order valence-electron chi connectivity index (χ4n) is 3.44. The molecule has 0 aromatic carbocycles. The van der Waals surface area contributed by atoms with E-state index in [-0.39, 0.29) is 11.5 Å². The fraction of sp³-hybridized carbons (Fsp3) is 0.500. The lowest BCUT2D eigenvalue weighted by Crippen LogP contribution is -2.51. The number of rotatable bonds is 13. The second kappa shape index (κ2) is 12.2. The van der Waals surface area contributed by atoms with Gasteiger partial charge in [0.25, 0.3) is 0 Å². The number of hydrogen-bond acceptors (Lipinski definition) is 5. The van der Waals surface area contributed by atoms with Gasteiger partial charge in [-0.05, 0) is 31.4 Å². The van der Waals surface area contributed by atoms with Crippen LogP contribution < -0.4 is 4.99 Å². The number of pyridine rings is 1. The van der Waals surface area contributed by atoms with Crippen LogP contribution in [0.3, 0.4) is 0 Å². The average Bonchev–Trinajstić information content (AvgIpc) is 2.80. The molecule has 0 saturated carbocycles. The quantitative estimate of drug-likeness (QED) is 0.378. The molecule has 31 heavy (non-hydrogen) atoms. The van der Waals surface area contributed by atoms with Crippen LogP contribution in [0.25, 0.3) is 0 Å². The van der Waals surface area contributed by atoms with Crippen LogP contribution in [0.15, 0.2) is 42.3 Å². The monoisotopic (exact) mass is 428 g/mol. The standard InChI is InChI=1S/C24H33N3O4/c1-4-7-14-27(15-8-5-2,16-9-6-3)31-24(30)20-11-13-26-22(18-20)21-17-19(23(28)29)10-12-25-21/h10-13,17-18H,4-9,14-16H2,1-3H3/q+1/p+1. The van der Waals surface area contributed by atoms with Gasteiger partial charge in [-0.15, -0.1) is 4.65 Å². The molecule has 2 heterocycles. The van der Waals surface area contributed by atoms with Gasteiger partial charge in [0.05, 0.1) is 16.1 Å². The van der Waals surface area contributed by atoms with E-state index >= 15 is 0 Å². The minimum atomic E-state index is -1.04. The summed E-state index contributed by atoms with van der Waals surface area (Å²) in [5.74, 6) is -1.43. The molecule has 1 aromatic rings. The molecule has 0 aliphatic carbocycles. The first kappa shape index (κ1) is 24.5. The van der Waals surface area contributed by atoms with Crippen molar-refractivity contribution in [3.8, 4) is 0 Å². The summed E-state index contributed by atoms with van der Waals surface area (Å²) in [4.78, 5) is 39.0. The summed E-state index contributed by atoms with van der Waals surface area (Å²) in [7, 11) is 0. The number of hydroxylamine groups is 3. The number of nitrogens with zero attached hydrogens (tertiary/aromatic N) is 3. The average molecular weight is 429 g/mol. The zero-order valence-electron chi connectivity index (χ0n) is 18.8. The highest BCUT2D eigenvalue weighted by atomic mass is 16.7. The van der Waals surface area contributed by atoms with Crippen LogP contribution in [0.4, 0.5) is 0 Å². The molecule has 0 unspecified atom stereocenters. The largest absolute Gasteiger partial charge is 0.478 e. The third-order valence-electron chi connectivity index (χ3n) is 5.30. The molecule has 0 amide bonds. The summed E-state index contributed by atoms with van der Waals surface area (Å²) in [5, 5.41) is 9.21. The second-order valence-electron chi connectivity index (χ2n) is 7.83. The van der Waals surface area contributed by atoms with Crippen LogP contribution in [0.2, 0.25) is 0 Å². The number of aliphatic imine (C=N–C) groups is 1. The van der Waals surface area contributed by atoms with Crippen LogP contribution in [0, 0.1) is 0 Å². The fourth-order valence-corrected chi connectivity index (χ4v) is 3.44. The molecule has 7 nitrogen and oxygen atoms in total. The zero-order chi connectivity index (χ0) is 22.7. The molecule has 0 spiro atoms. The Kier molecular flexibility index (Phi) is 9.59. The van der Waals surface area contributed by atoms with Crippen LogP contribution in [-0.4, -0.2) is 52.0 Å². The van der Waals surface area contributed by atoms with Gasteiger partial charge in [-0.25, -0.2) is 14.6 Å². The second-order valence-corrected chi connectivity index (χ2v) is 7.83. The highest BCUT2D eigenvalue weighted by Crippen LogP contribution is 2.19. The number of hydrogen-bond donors (Lipinski definition) is 1. The van der Waals surface area contributed by atoms with E-state index in [2.05, 4.69) is 30.7 Å². The molecule has 1 radical (unpaired) electrons. The number of unbranched alkanes of at least 4 members (excludes halogenated alkanes) is 3. The summed E-state index contributed by atoms with van der Waals surface area (Å²) >= 11 is 0. The number of carboxylic acid groups (broad SMARTS) is 1. The van der Waals surface area contributed by atoms with E-state index in [1.54, 1.807) is 12.1 Å². The van der Waals surface area contributed by atoms with Crippen molar-refractivity contribution in [1.82, 2.24) is 9.98 Å². The Hall–Kier alpha value is -2.80. The summed E-state index contributed by atoms with van der Waals surface area (Å²) < 4.78 is 0.346. The molecule has 0 saturated heterocycles. The summed E-state index contributed by atoms with van der Waals surface area (Å²) in [5.41, 5.74) is 1.35. The number of quaternary nitrogens is 1. The number of carboxylic acids is 1. The van der Waals surface area contributed by atoms with E-state index in [9.17, 15) is 14.7 Å². The van der Waals surface area contributed by atoms with Gasteiger partial charge in [0.2, 0.25) is 6.20 Å². The highest BCUT2D eigenvalue weighted by Gasteiger charge is 2.33. The molecule has 1 aromatic heterocycles. The molecule has 1 N–H and O–H groups in total. The molecule has 0 atom stereocenters. The molecule has 2 rings (SSSR count). The molecule has 1 aliphatic rings. The van der Waals surface area contributed by atoms with Gasteiger partial charge >= 0.3 is 17.7 Å². The van der Waals surface area contributed by atoms with Crippen LogP contribution >= 0.6 is 0 Å². The lowest BCUT2D eigenvalue weighted by Gasteiger charge is -2.34. The zero-order valence-corrected chi connectivity index (χ0v) is 18.8. The first-order valence-electron chi connectivity index (χ1n) is 11.2. The molecular formula is C24H34N3O4+2. The molecule has 0 fully saturated rings. The normalized spacial score (nSPS) is 13.5. The van der Waals surface area contributed by atoms with E-state index in [0.717, 1.165) is 58.2 Å². The Morgan fingerprint density at radius 1 is 1.06 bits per heavy atom. The van der Waals surface area contributed by atoms with Crippen LogP contribution in [0.1, 0.15) is 75.3 Å². The number of allylic oxidation sites excluding steroid dienone is 1. The number of carbonyl (C=O) groups is 2. The summed E-state index contributed by atoms with van der Waals surface area (Å²) in [6.45, 7) is 8.85. The number of aromatic nitrogens is 1. The molecule has 7 heteroatoms. The minimum absolute atomic E-state index is 0.120. The Bertz CT molecular complexity index is 836.